The number of carbonyl (C=O) groups is 1. The molecule has 1 aromatic rings. The lowest BCUT2D eigenvalue weighted by atomic mass is 10.1. The molecule has 0 aliphatic rings. The Bertz CT molecular complexity index is 364. The first-order chi connectivity index (χ1) is 7.59. The summed E-state index contributed by atoms with van der Waals surface area (Å²) in [7, 11) is 0. The molecule has 0 spiro atoms. The number of benzene rings is 1. The van der Waals surface area contributed by atoms with Crippen LogP contribution in [0.25, 0.3) is 0 Å². The van der Waals surface area contributed by atoms with Crippen LogP contribution in [-0.4, -0.2) is 5.97 Å². The number of hydrogen-bond acceptors (Lipinski definition) is 2. The summed E-state index contributed by atoms with van der Waals surface area (Å²) in [6, 6.07) is 9.68. The molecule has 0 bridgehead atoms. The SMILES string of the molecule is C/C(=C/C(C)C)C(=O)OCc1ccccc1. The first-order valence-corrected chi connectivity index (χ1v) is 5.49. The van der Waals surface area contributed by atoms with Crippen LogP contribution in [0.15, 0.2) is 42.0 Å². The van der Waals surface area contributed by atoms with Crippen molar-refractivity contribution in [3.05, 3.63) is 47.5 Å². The van der Waals surface area contributed by atoms with E-state index in [1.807, 2.05) is 50.3 Å². The monoisotopic (exact) mass is 218 g/mol. The molecule has 86 valence electrons. The molecule has 0 amide bonds. The summed E-state index contributed by atoms with van der Waals surface area (Å²) < 4.78 is 5.18. The van der Waals surface area contributed by atoms with Gasteiger partial charge in [-0.2, -0.15) is 0 Å². The number of allylic oxidation sites excluding steroid dienone is 1. The highest BCUT2D eigenvalue weighted by molar-refractivity contribution is 5.87. The Hall–Kier alpha value is -1.57. The van der Waals surface area contributed by atoms with Gasteiger partial charge in [0.05, 0.1) is 0 Å². The molecule has 0 unspecified atom stereocenters. The summed E-state index contributed by atoms with van der Waals surface area (Å²) in [6.45, 7) is 6.19. The summed E-state index contributed by atoms with van der Waals surface area (Å²) in [4.78, 5) is 11.6. The van der Waals surface area contributed by atoms with Crippen molar-refractivity contribution >= 4 is 5.97 Å². The van der Waals surface area contributed by atoms with Gasteiger partial charge < -0.3 is 4.74 Å². The minimum absolute atomic E-state index is 0.238. The molecule has 16 heavy (non-hydrogen) atoms. The van der Waals surface area contributed by atoms with Gasteiger partial charge in [0.25, 0.3) is 0 Å². The fourth-order valence-electron chi connectivity index (χ4n) is 1.40. The molecule has 0 aliphatic carbocycles. The van der Waals surface area contributed by atoms with E-state index in [-0.39, 0.29) is 5.97 Å². The van der Waals surface area contributed by atoms with E-state index in [4.69, 9.17) is 4.74 Å². The fourth-order valence-corrected chi connectivity index (χ4v) is 1.40. The molecule has 1 aromatic carbocycles. The Morgan fingerprint density at radius 2 is 1.94 bits per heavy atom. The standard InChI is InChI=1S/C14H18O2/c1-11(2)9-12(3)14(15)16-10-13-7-5-4-6-8-13/h4-9,11H,10H2,1-3H3/b12-9-. The Labute approximate surface area is 96.9 Å². The number of ether oxygens (including phenoxy) is 1. The maximum Gasteiger partial charge on any atom is 0.333 e. The van der Waals surface area contributed by atoms with Crippen molar-refractivity contribution < 1.29 is 9.53 Å². The number of carbonyl (C=O) groups excluding carboxylic acids is 1. The molecule has 0 fully saturated rings. The molecular formula is C14H18O2. The molecule has 2 nitrogen and oxygen atoms in total. The molecule has 0 atom stereocenters. The van der Waals surface area contributed by atoms with Crippen molar-refractivity contribution in [1.82, 2.24) is 0 Å². The van der Waals surface area contributed by atoms with Crippen molar-refractivity contribution in [2.45, 2.75) is 27.4 Å². The maximum absolute atomic E-state index is 11.6. The Morgan fingerprint density at radius 1 is 1.31 bits per heavy atom. The van der Waals surface area contributed by atoms with E-state index >= 15 is 0 Å². The highest BCUT2D eigenvalue weighted by atomic mass is 16.5. The molecule has 0 aromatic heterocycles. The quantitative estimate of drug-likeness (QED) is 0.572. The summed E-state index contributed by atoms with van der Waals surface area (Å²) in [5.41, 5.74) is 1.68. The maximum atomic E-state index is 11.6. The largest absolute Gasteiger partial charge is 0.457 e. The summed E-state index contributed by atoms with van der Waals surface area (Å²) >= 11 is 0. The van der Waals surface area contributed by atoms with Crippen molar-refractivity contribution in [3.63, 3.8) is 0 Å². The molecule has 0 saturated carbocycles. The molecule has 0 aliphatic heterocycles. The first kappa shape index (κ1) is 12.5. The topological polar surface area (TPSA) is 26.3 Å². The Balaban J connectivity index is 2.48. The normalized spacial score (nSPS) is 11.6. The van der Waals surface area contributed by atoms with E-state index in [1.165, 1.54) is 0 Å². The van der Waals surface area contributed by atoms with Crippen LogP contribution >= 0.6 is 0 Å². The average molecular weight is 218 g/mol. The van der Waals surface area contributed by atoms with Gasteiger partial charge >= 0.3 is 5.97 Å². The fraction of sp³-hybridized carbons (Fsp3) is 0.357. The van der Waals surface area contributed by atoms with Gasteiger partial charge in [-0.1, -0.05) is 50.3 Å². The van der Waals surface area contributed by atoms with Crippen LogP contribution in [-0.2, 0) is 16.1 Å². The summed E-state index contributed by atoms with van der Waals surface area (Å²) in [6.07, 6.45) is 1.91. The van der Waals surface area contributed by atoms with Gasteiger partial charge in [0.2, 0.25) is 0 Å². The van der Waals surface area contributed by atoms with E-state index in [0.717, 1.165) is 5.56 Å². The highest BCUT2D eigenvalue weighted by Crippen LogP contribution is 2.06. The summed E-state index contributed by atoms with van der Waals surface area (Å²) in [5.74, 6) is 0.127. The molecular weight excluding hydrogens is 200 g/mol. The van der Waals surface area contributed by atoms with Crippen molar-refractivity contribution in [2.24, 2.45) is 5.92 Å². The molecule has 1 rings (SSSR count). The van der Waals surface area contributed by atoms with Gasteiger partial charge in [-0.3, -0.25) is 0 Å². The van der Waals surface area contributed by atoms with Crippen LogP contribution in [0.1, 0.15) is 26.3 Å². The van der Waals surface area contributed by atoms with Crippen LogP contribution in [0.2, 0.25) is 0 Å². The lowest BCUT2D eigenvalue weighted by Gasteiger charge is -2.05. The van der Waals surface area contributed by atoms with Crippen molar-refractivity contribution in [3.8, 4) is 0 Å². The van der Waals surface area contributed by atoms with Gasteiger partial charge in [-0.05, 0) is 18.4 Å². The molecule has 0 N–H and O–H groups in total. The zero-order valence-electron chi connectivity index (χ0n) is 10.1. The van der Waals surface area contributed by atoms with Crippen LogP contribution in [0.3, 0.4) is 0 Å². The number of hydrogen-bond donors (Lipinski definition) is 0. The molecule has 0 heterocycles. The van der Waals surface area contributed by atoms with Gasteiger partial charge in [-0.25, -0.2) is 4.79 Å². The second kappa shape index (κ2) is 6.11. The zero-order valence-corrected chi connectivity index (χ0v) is 10.1. The highest BCUT2D eigenvalue weighted by Gasteiger charge is 2.06. The van der Waals surface area contributed by atoms with Gasteiger partial charge in [-0.15, -0.1) is 0 Å². The third-order valence-electron chi connectivity index (χ3n) is 2.12. The van der Waals surface area contributed by atoms with E-state index < -0.39 is 0 Å². The predicted molar refractivity (Wildman–Crippen MR) is 64.8 cm³/mol. The number of rotatable bonds is 4. The lowest BCUT2D eigenvalue weighted by Crippen LogP contribution is -2.06. The smallest absolute Gasteiger partial charge is 0.333 e. The van der Waals surface area contributed by atoms with Gasteiger partial charge in [0, 0.05) is 5.57 Å². The Kier molecular flexibility index (Phi) is 4.77. The predicted octanol–water partition coefficient (Wildman–Crippen LogP) is 3.33. The van der Waals surface area contributed by atoms with Gasteiger partial charge in [0.15, 0.2) is 0 Å². The van der Waals surface area contributed by atoms with Crippen LogP contribution in [0, 0.1) is 5.92 Å². The van der Waals surface area contributed by atoms with Crippen molar-refractivity contribution in [2.75, 3.05) is 0 Å². The van der Waals surface area contributed by atoms with E-state index in [9.17, 15) is 4.79 Å². The van der Waals surface area contributed by atoms with Crippen LogP contribution in [0.5, 0.6) is 0 Å². The van der Waals surface area contributed by atoms with Crippen LogP contribution < -0.4 is 0 Å². The second-order valence-corrected chi connectivity index (χ2v) is 4.16. The van der Waals surface area contributed by atoms with Gasteiger partial charge in [0.1, 0.15) is 6.61 Å². The Morgan fingerprint density at radius 3 is 2.50 bits per heavy atom. The third-order valence-corrected chi connectivity index (χ3v) is 2.12. The number of esters is 1. The van der Waals surface area contributed by atoms with Crippen LogP contribution in [0.4, 0.5) is 0 Å². The minimum atomic E-state index is -0.238. The molecule has 2 heteroatoms. The zero-order chi connectivity index (χ0) is 12.0. The first-order valence-electron chi connectivity index (χ1n) is 5.49. The third kappa shape index (κ3) is 4.30. The summed E-state index contributed by atoms with van der Waals surface area (Å²) in [5, 5.41) is 0. The van der Waals surface area contributed by atoms with E-state index in [2.05, 4.69) is 0 Å². The average Bonchev–Trinajstić information content (AvgIpc) is 2.26. The van der Waals surface area contributed by atoms with E-state index in [0.29, 0.717) is 18.1 Å². The molecule has 0 radical (unpaired) electrons. The lowest BCUT2D eigenvalue weighted by molar-refractivity contribution is -0.140. The van der Waals surface area contributed by atoms with E-state index in [1.54, 1.807) is 6.92 Å². The molecule has 0 saturated heterocycles. The second-order valence-electron chi connectivity index (χ2n) is 4.16. The minimum Gasteiger partial charge on any atom is -0.457 e. The van der Waals surface area contributed by atoms with Crippen molar-refractivity contribution in [1.29, 1.82) is 0 Å².